The molecule has 16 heavy (non-hydrogen) atoms. The summed E-state index contributed by atoms with van der Waals surface area (Å²) in [7, 11) is 0. The van der Waals surface area contributed by atoms with Crippen LogP contribution in [0.1, 0.15) is 6.42 Å². The maximum Gasteiger partial charge on any atom is 0.133 e. The van der Waals surface area contributed by atoms with Crippen LogP contribution in [0.3, 0.4) is 0 Å². The summed E-state index contributed by atoms with van der Waals surface area (Å²) in [4.78, 5) is 4.26. The van der Waals surface area contributed by atoms with Crippen LogP contribution < -0.4 is 5.32 Å². The van der Waals surface area contributed by atoms with Crippen LogP contribution in [0.15, 0.2) is 43.1 Å². The van der Waals surface area contributed by atoms with Gasteiger partial charge in [0, 0.05) is 18.1 Å². The molecule has 82 valence electrons. The highest BCUT2D eigenvalue weighted by Gasteiger charge is 2.02. The molecular formula is C13H14N2O. The zero-order chi connectivity index (χ0) is 11.4. The molecule has 2 rings (SSSR count). The Kier molecular flexibility index (Phi) is 3.05. The summed E-state index contributed by atoms with van der Waals surface area (Å²) in [5, 5.41) is 14.7. The van der Waals surface area contributed by atoms with Crippen molar-refractivity contribution in [1.82, 2.24) is 4.98 Å². The number of phenolic OH excluding ortho intramolecular Hbond substituents is 1. The standard InChI is InChI=1S/C13H14N2O/c1-2-3-7-14-13-12-9-11(16)5-4-10(12)6-8-15-13/h2,4-6,8-9,16H,1,3,7H2,(H,14,15). The predicted octanol–water partition coefficient (Wildman–Crippen LogP) is 2.93. The number of aromatic nitrogens is 1. The average Bonchev–Trinajstić information content (AvgIpc) is 2.30. The second-order valence-corrected chi connectivity index (χ2v) is 3.57. The second kappa shape index (κ2) is 4.66. The van der Waals surface area contributed by atoms with Gasteiger partial charge in [-0.3, -0.25) is 0 Å². The van der Waals surface area contributed by atoms with Crippen LogP contribution in [0, 0.1) is 0 Å². The van der Waals surface area contributed by atoms with Gasteiger partial charge in [0.15, 0.2) is 0 Å². The Morgan fingerprint density at radius 2 is 2.25 bits per heavy atom. The first-order chi connectivity index (χ1) is 7.81. The number of benzene rings is 1. The molecule has 0 radical (unpaired) electrons. The molecule has 0 aliphatic heterocycles. The molecule has 1 heterocycles. The molecule has 3 nitrogen and oxygen atoms in total. The van der Waals surface area contributed by atoms with Gasteiger partial charge in [0.2, 0.25) is 0 Å². The third kappa shape index (κ3) is 2.14. The van der Waals surface area contributed by atoms with Crippen molar-refractivity contribution < 1.29 is 5.11 Å². The molecule has 0 aliphatic carbocycles. The van der Waals surface area contributed by atoms with Crippen molar-refractivity contribution in [3.8, 4) is 5.75 Å². The molecule has 0 atom stereocenters. The summed E-state index contributed by atoms with van der Waals surface area (Å²) in [6, 6.07) is 7.20. The van der Waals surface area contributed by atoms with Gasteiger partial charge in [-0.15, -0.1) is 6.58 Å². The third-order valence-corrected chi connectivity index (χ3v) is 2.39. The maximum atomic E-state index is 9.45. The van der Waals surface area contributed by atoms with E-state index >= 15 is 0 Å². The number of aromatic hydroxyl groups is 1. The third-order valence-electron chi connectivity index (χ3n) is 2.39. The molecule has 1 aromatic heterocycles. The normalized spacial score (nSPS) is 10.2. The van der Waals surface area contributed by atoms with Crippen LogP contribution in [0.5, 0.6) is 5.75 Å². The van der Waals surface area contributed by atoms with E-state index in [0.717, 1.165) is 29.6 Å². The topological polar surface area (TPSA) is 45.2 Å². The fourth-order valence-corrected chi connectivity index (χ4v) is 1.59. The van der Waals surface area contributed by atoms with Gasteiger partial charge < -0.3 is 10.4 Å². The molecule has 0 aliphatic rings. The Morgan fingerprint density at radius 1 is 1.38 bits per heavy atom. The van der Waals surface area contributed by atoms with Crippen LogP contribution in [0.25, 0.3) is 10.8 Å². The Bertz CT molecular complexity index is 508. The van der Waals surface area contributed by atoms with E-state index in [1.54, 1.807) is 18.3 Å². The second-order valence-electron chi connectivity index (χ2n) is 3.57. The fraction of sp³-hybridized carbons (Fsp3) is 0.154. The zero-order valence-electron chi connectivity index (χ0n) is 8.98. The molecule has 0 unspecified atom stereocenters. The summed E-state index contributed by atoms with van der Waals surface area (Å²) in [6.45, 7) is 4.46. The first-order valence-electron chi connectivity index (χ1n) is 5.24. The minimum atomic E-state index is 0.257. The summed E-state index contributed by atoms with van der Waals surface area (Å²) in [5.41, 5.74) is 0. The number of hydrogen-bond acceptors (Lipinski definition) is 3. The fourth-order valence-electron chi connectivity index (χ4n) is 1.59. The van der Waals surface area contributed by atoms with Crippen molar-refractivity contribution >= 4 is 16.6 Å². The number of nitrogens with zero attached hydrogens (tertiary/aromatic N) is 1. The van der Waals surface area contributed by atoms with Crippen molar-refractivity contribution in [1.29, 1.82) is 0 Å². The first-order valence-corrected chi connectivity index (χ1v) is 5.24. The van der Waals surface area contributed by atoms with Gasteiger partial charge >= 0.3 is 0 Å². The van der Waals surface area contributed by atoms with Gasteiger partial charge in [-0.25, -0.2) is 4.98 Å². The van der Waals surface area contributed by atoms with Crippen molar-refractivity contribution in [3.63, 3.8) is 0 Å². The summed E-state index contributed by atoms with van der Waals surface area (Å²) >= 11 is 0. The van der Waals surface area contributed by atoms with E-state index in [0.29, 0.717) is 0 Å². The molecule has 3 heteroatoms. The number of anilines is 1. The number of nitrogens with one attached hydrogen (secondary N) is 1. The summed E-state index contributed by atoms with van der Waals surface area (Å²) in [6.07, 6.45) is 4.50. The first kappa shape index (κ1) is 10.5. The molecular weight excluding hydrogens is 200 g/mol. The predicted molar refractivity (Wildman–Crippen MR) is 66.7 cm³/mol. The van der Waals surface area contributed by atoms with E-state index < -0.39 is 0 Å². The van der Waals surface area contributed by atoms with E-state index in [4.69, 9.17) is 0 Å². The lowest BCUT2D eigenvalue weighted by Crippen LogP contribution is -2.02. The Hall–Kier alpha value is -2.03. The van der Waals surface area contributed by atoms with Crippen LogP contribution in [0.4, 0.5) is 5.82 Å². The molecule has 0 fully saturated rings. The van der Waals surface area contributed by atoms with Crippen LogP contribution in [-0.2, 0) is 0 Å². The van der Waals surface area contributed by atoms with Crippen LogP contribution in [0.2, 0.25) is 0 Å². The van der Waals surface area contributed by atoms with Gasteiger partial charge in [-0.1, -0.05) is 12.1 Å². The smallest absolute Gasteiger partial charge is 0.133 e. The van der Waals surface area contributed by atoms with Gasteiger partial charge in [0.1, 0.15) is 11.6 Å². The summed E-state index contributed by atoms with van der Waals surface area (Å²) < 4.78 is 0. The molecule has 0 saturated heterocycles. The molecule has 0 bridgehead atoms. The molecule has 0 amide bonds. The monoisotopic (exact) mass is 214 g/mol. The van der Waals surface area contributed by atoms with Gasteiger partial charge in [0.25, 0.3) is 0 Å². The largest absolute Gasteiger partial charge is 0.508 e. The highest BCUT2D eigenvalue weighted by molar-refractivity contribution is 5.92. The van der Waals surface area contributed by atoms with E-state index in [1.165, 1.54) is 0 Å². The highest BCUT2D eigenvalue weighted by Crippen LogP contribution is 2.24. The number of hydrogen-bond donors (Lipinski definition) is 2. The lowest BCUT2D eigenvalue weighted by Gasteiger charge is -2.07. The Morgan fingerprint density at radius 3 is 3.06 bits per heavy atom. The van der Waals surface area contributed by atoms with E-state index in [1.807, 2.05) is 18.2 Å². The molecule has 0 saturated carbocycles. The van der Waals surface area contributed by atoms with Crippen molar-refractivity contribution in [3.05, 3.63) is 43.1 Å². The number of phenols is 1. The lowest BCUT2D eigenvalue weighted by atomic mass is 10.1. The molecule has 1 aromatic carbocycles. The number of fused-ring (bicyclic) bond motifs is 1. The van der Waals surface area contributed by atoms with E-state index in [-0.39, 0.29) is 5.75 Å². The molecule has 2 aromatic rings. The number of rotatable bonds is 4. The summed E-state index contributed by atoms with van der Waals surface area (Å²) in [5.74, 6) is 1.06. The average molecular weight is 214 g/mol. The highest BCUT2D eigenvalue weighted by atomic mass is 16.3. The van der Waals surface area contributed by atoms with Gasteiger partial charge in [0.05, 0.1) is 0 Å². The van der Waals surface area contributed by atoms with Crippen molar-refractivity contribution in [2.45, 2.75) is 6.42 Å². The zero-order valence-corrected chi connectivity index (χ0v) is 8.98. The minimum Gasteiger partial charge on any atom is -0.508 e. The van der Waals surface area contributed by atoms with Crippen molar-refractivity contribution in [2.75, 3.05) is 11.9 Å². The van der Waals surface area contributed by atoms with Crippen molar-refractivity contribution in [2.24, 2.45) is 0 Å². The van der Waals surface area contributed by atoms with Gasteiger partial charge in [-0.2, -0.15) is 0 Å². The number of pyridine rings is 1. The van der Waals surface area contributed by atoms with Crippen LogP contribution >= 0.6 is 0 Å². The van der Waals surface area contributed by atoms with Gasteiger partial charge in [-0.05, 0) is 30.0 Å². The Balaban J connectivity index is 2.36. The SMILES string of the molecule is C=CCCNc1nccc2ccc(O)cc12. The van der Waals surface area contributed by atoms with E-state index in [9.17, 15) is 5.11 Å². The quantitative estimate of drug-likeness (QED) is 0.607. The van der Waals surface area contributed by atoms with Crippen LogP contribution in [-0.4, -0.2) is 16.6 Å². The molecule has 0 spiro atoms. The maximum absolute atomic E-state index is 9.45. The Labute approximate surface area is 94.4 Å². The minimum absolute atomic E-state index is 0.257. The molecule has 2 N–H and O–H groups in total. The van der Waals surface area contributed by atoms with E-state index in [2.05, 4.69) is 16.9 Å². The lowest BCUT2D eigenvalue weighted by molar-refractivity contribution is 0.476.